The van der Waals surface area contributed by atoms with Gasteiger partial charge in [-0.05, 0) is 18.1 Å². The standard InChI is InChI=1S/C13H18N4/c1-3-11(2)8-15-12-6-4-5-7-13(12)17-10-14-9-16-17/h4-7,9-11,15H,3,8H2,1-2H3. The summed E-state index contributed by atoms with van der Waals surface area (Å²) in [6.45, 7) is 5.42. The molecule has 17 heavy (non-hydrogen) atoms. The van der Waals surface area contributed by atoms with E-state index in [4.69, 9.17) is 0 Å². The Kier molecular flexibility index (Phi) is 3.75. The first-order valence-corrected chi connectivity index (χ1v) is 5.99. The molecular formula is C13H18N4. The number of para-hydroxylation sites is 2. The zero-order valence-corrected chi connectivity index (χ0v) is 10.3. The number of hydrogen-bond donors (Lipinski definition) is 1. The van der Waals surface area contributed by atoms with Crippen LogP contribution in [0.5, 0.6) is 0 Å². The summed E-state index contributed by atoms with van der Waals surface area (Å²) in [5.41, 5.74) is 2.13. The minimum atomic E-state index is 0.666. The van der Waals surface area contributed by atoms with E-state index < -0.39 is 0 Å². The van der Waals surface area contributed by atoms with Gasteiger partial charge in [0.2, 0.25) is 0 Å². The van der Waals surface area contributed by atoms with Crippen molar-refractivity contribution in [3.8, 4) is 5.69 Å². The van der Waals surface area contributed by atoms with E-state index in [1.54, 1.807) is 17.3 Å². The molecule has 0 radical (unpaired) electrons. The Morgan fingerprint density at radius 1 is 1.35 bits per heavy atom. The fraction of sp³-hybridized carbons (Fsp3) is 0.385. The van der Waals surface area contributed by atoms with Crippen LogP contribution in [0.1, 0.15) is 20.3 Å². The van der Waals surface area contributed by atoms with Crippen molar-refractivity contribution < 1.29 is 0 Å². The first-order valence-electron chi connectivity index (χ1n) is 5.99. The van der Waals surface area contributed by atoms with E-state index in [1.807, 2.05) is 18.2 Å². The lowest BCUT2D eigenvalue weighted by Gasteiger charge is -2.14. The molecule has 0 aliphatic carbocycles. The van der Waals surface area contributed by atoms with Crippen molar-refractivity contribution in [3.63, 3.8) is 0 Å². The third kappa shape index (κ3) is 2.84. The molecule has 0 saturated heterocycles. The van der Waals surface area contributed by atoms with E-state index in [2.05, 4.69) is 35.3 Å². The van der Waals surface area contributed by atoms with Crippen LogP contribution in [0.3, 0.4) is 0 Å². The van der Waals surface area contributed by atoms with Gasteiger partial charge in [0.05, 0.1) is 11.4 Å². The van der Waals surface area contributed by atoms with Crippen molar-refractivity contribution in [1.29, 1.82) is 0 Å². The molecule has 1 heterocycles. The van der Waals surface area contributed by atoms with Crippen LogP contribution in [0, 0.1) is 5.92 Å². The maximum atomic E-state index is 4.16. The molecule has 4 heteroatoms. The summed E-state index contributed by atoms with van der Waals surface area (Å²) in [4.78, 5) is 3.98. The Morgan fingerprint density at radius 3 is 2.88 bits per heavy atom. The number of hydrogen-bond acceptors (Lipinski definition) is 3. The number of nitrogens with zero attached hydrogens (tertiary/aromatic N) is 3. The fourth-order valence-electron chi connectivity index (χ4n) is 1.58. The van der Waals surface area contributed by atoms with E-state index in [0.717, 1.165) is 17.9 Å². The van der Waals surface area contributed by atoms with E-state index in [0.29, 0.717) is 5.92 Å². The zero-order chi connectivity index (χ0) is 12.1. The lowest BCUT2D eigenvalue weighted by Crippen LogP contribution is -2.12. The van der Waals surface area contributed by atoms with Crippen LogP contribution in [0.25, 0.3) is 5.69 Å². The summed E-state index contributed by atoms with van der Waals surface area (Å²) < 4.78 is 1.78. The largest absolute Gasteiger partial charge is 0.383 e. The molecule has 1 aromatic heterocycles. The van der Waals surface area contributed by atoms with Gasteiger partial charge < -0.3 is 5.32 Å². The second kappa shape index (κ2) is 5.48. The highest BCUT2D eigenvalue weighted by Crippen LogP contribution is 2.19. The van der Waals surface area contributed by atoms with Gasteiger partial charge in [-0.1, -0.05) is 32.4 Å². The highest BCUT2D eigenvalue weighted by Gasteiger charge is 2.05. The molecule has 4 nitrogen and oxygen atoms in total. The maximum absolute atomic E-state index is 4.16. The van der Waals surface area contributed by atoms with E-state index in [-0.39, 0.29) is 0 Å². The summed E-state index contributed by atoms with van der Waals surface area (Å²) in [6.07, 6.45) is 4.44. The number of rotatable bonds is 5. The van der Waals surface area contributed by atoms with Gasteiger partial charge >= 0.3 is 0 Å². The Labute approximate surface area is 102 Å². The van der Waals surface area contributed by atoms with Crippen LogP contribution >= 0.6 is 0 Å². The lowest BCUT2D eigenvalue weighted by molar-refractivity contribution is 0.593. The van der Waals surface area contributed by atoms with Crippen LogP contribution in [-0.4, -0.2) is 21.3 Å². The number of nitrogens with one attached hydrogen (secondary N) is 1. The van der Waals surface area contributed by atoms with Crippen molar-refractivity contribution in [1.82, 2.24) is 14.8 Å². The third-order valence-electron chi connectivity index (χ3n) is 2.91. The molecule has 1 aromatic carbocycles. The molecule has 0 spiro atoms. The minimum absolute atomic E-state index is 0.666. The number of benzene rings is 1. The van der Waals surface area contributed by atoms with Gasteiger partial charge in [-0.15, -0.1) is 0 Å². The maximum Gasteiger partial charge on any atom is 0.138 e. The summed E-state index contributed by atoms with van der Waals surface area (Å²) in [5.74, 6) is 0.666. The molecule has 0 aliphatic heterocycles. The Hall–Kier alpha value is -1.84. The molecule has 0 amide bonds. The van der Waals surface area contributed by atoms with Crippen molar-refractivity contribution >= 4 is 5.69 Å². The van der Waals surface area contributed by atoms with Gasteiger partial charge in [-0.3, -0.25) is 0 Å². The summed E-state index contributed by atoms with van der Waals surface area (Å²) in [7, 11) is 0. The van der Waals surface area contributed by atoms with Crippen LogP contribution in [0.4, 0.5) is 5.69 Å². The molecule has 1 N–H and O–H groups in total. The molecule has 0 bridgehead atoms. The van der Waals surface area contributed by atoms with Gasteiger partial charge in [0.25, 0.3) is 0 Å². The topological polar surface area (TPSA) is 42.7 Å². The molecule has 0 fully saturated rings. The van der Waals surface area contributed by atoms with Crippen molar-refractivity contribution in [2.45, 2.75) is 20.3 Å². The average Bonchev–Trinajstić information content (AvgIpc) is 2.90. The quantitative estimate of drug-likeness (QED) is 0.858. The molecule has 2 rings (SSSR count). The first kappa shape index (κ1) is 11.6. The Bertz CT molecular complexity index is 450. The zero-order valence-electron chi connectivity index (χ0n) is 10.3. The van der Waals surface area contributed by atoms with Gasteiger partial charge in [-0.25, -0.2) is 9.67 Å². The summed E-state index contributed by atoms with van der Waals surface area (Å²) in [6, 6.07) is 8.14. The average molecular weight is 230 g/mol. The second-order valence-corrected chi connectivity index (χ2v) is 4.25. The predicted molar refractivity (Wildman–Crippen MR) is 69.3 cm³/mol. The number of aromatic nitrogens is 3. The Balaban J connectivity index is 2.17. The van der Waals surface area contributed by atoms with Gasteiger partial charge in [0.15, 0.2) is 0 Å². The molecule has 2 aromatic rings. The van der Waals surface area contributed by atoms with Crippen LogP contribution in [-0.2, 0) is 0 Å². The van der Waals surface area contributed by atoms with Crippen LogP contribution in [0.2, 0.25) is 0 Å². The Morgan fingerprint density at radius 2 is 2.18 bits per heavy atom. The van der Waals surface area contributed by atoms with E-state index >= 15 is 0 Å². The van der Waals surface area contributed by atoms with Crippen molar-refractivity contribution in [3.05, 3.63) is 36.9 Å². The van der Waals surface area contributed by atoms with Gasteiger partial charge in [0, 0.05) is 6.54 Å². The molecular weight excluding hydrogens is 212 g/mol. The second-order valence-electron chi connectivity index (χ2n) is 4.25. The molecule has 1 unspecified atom stereocenters. The van der Waals surface area contributed by atoms with Crippen LogP contribution < -0.4 is 5.32 Å². The minimum Gasteiger partial charge on any atom is -0.383 e. The first-order chi connectivity index (χ1) is 8.31. The molecule has 1 atom stereocenters. The monoisotopic (exact) mass is 230 g/mol. The van der Waals surface area contributed by atoms with Gasteiger partial charge in [-0.2, -0.15) is 5.10 Å². The van der Waals surface area contributed by atoms with Gasteiger partial charge in [0.1, 0.15) is 12.7 Å². The normalized spacial score (nSPS) is 12.4. The predicted octanol–water partition coefficient (Wildman–Crippen LogP) is 2.73. The van der Waals surface area contributed by atoms with Crippen molar-refractivity contribution in [2.75, 3.05) is 11.9 Å². The SMILES string of the molecule is CCC(C)CNc1ccccc1-n1cncn1. The third-order valence-corrected chi connectivity index (χ3v) is 2.91. The highest BCUT2D eigenvalue weighted by atomic mass is 15.3. The number of anilines is 1. The molecule has 0 saturated carbocycles. The lowest BCUT2D eigenvalue weighted by atomic mass is 10.1. The summed E-state index contributed by atoms with van der Waals surface area (Å²) in [5, 5.41) is 7.62. The fourth-order valence-corrected chi connectivity index (χ4v) is 1.58. The highest BCUT2D eigenvalue weighted by molar-refractivity contribution is 5.60. The van der Waals surface area contributed by atoms with Crippen molar-refractivity contribution in [2.24, 2.45) is 5.92 Å². The van der Waals surface area contributed by atoms with Crippen LogP contribution in [0.15, 0.2) is 36.9 Å². The molecule has 90 valence electrons. The smallest absolute Gasteiger partial charge is 0.138 e. The van der Waals surface area contributed by atoms with E-state index in [1.165, 1.54) is 6.42 Å². The summed E-state index contributed by atoms with van der Waals surface area (Å²) >= 11 is 0. The molecule has 0 aliphatic rings. The van der Waals surface area contributed by atoms with E-state index in [9.17, 15) is 0 Å².